The van der Waals surface area contributed by atoms with Gasteiger partial charge in [0.25, 0.3) is 0 Å². The molecule has 0 saturated heterocycles. The SMILES string of the molecule is Cc1ccc(F)cc1S(=O)(=O)NCc1ccccc1Br. The minimum atomic E-state index is -3.74. The average molecular weight is 358 g/mol. The molecular weight excluding hydrogens is 345 g/mol. The van der Waals surface area contributed by atoms with Gasteiger partial charge in [-0.1, -0.05) is 40.2 Å². The van der Waals surface area contributed by atoms with Crippen molar-refractivity contribution in [1.82, 2.24) is 4.72 Å². The van der Waals surface area contributed by atoms with E-state index < -0.39 is 15.8 Å². The van der Waals surface area contributed by atoms with Crippen LogP contribution in [0.1, 0.15) is 11.1 Å². The second kappa shape index (κ2) is 6.03. The Morgan fingerprint density at radius 3 is 2.60 bits per heavy atom. The summed E-state index contributed by atoms with van der Waals surface area (Å²) < 4.78 is 40.9. The van der Waals surface area contributed by atoms with Crippen molar-refractivity contribution in [3.8, 4) is 0 Å². The summed E-state index contributed by atoms with van der Waals surface area (Å²) >= 11 is 3.35. The summed E-state index contributed by atoms with van der Waals surface area (Å²) in [6, 6.07) is 11.0. The number of hydrogen-bond donors (Lipinski definition) is 1. The molecule has 2 aromatic rings. The van der Waals surface area contributed by atoms with Gasteiger partial charge >= 0.3 is 0 Å². The minimum Gasteiger partial charge on any atom is -0.207 e. The van der Waals surface area contributed by atoms with E-state index in [0.29, 0.717) is 5.56 Å². The third-order valence-electron chi connectivity index (χ3n) is 2.85. The second-order valence-electron chi connectivity index (χ2n) is 4.33. The van der Waals surface area contributed by atoms with E-state index in [0.717, 1.165) is 16.1 Å². The van der Waals surface area contributed by atoms with Gasteiger partial charge < -0.3 is 0 Å². The molecule has 0 amide bonds. The fraction of sp³-hybridized carbons (Fsp3) is 0.143. The number of rotatable bonds is 4. The van der Waals surface area contributed by atoms with Crippen LogP contribution >= 0.6 is 15.9 Å². The normalized spacial score (nSPS) is 11.6. The number of aryl methyl sites for hydroxylation is 1. The number of nitrogens with one attached hydrogen (secondary N) is 1. The quantitative estimate of drug-likeness (QED) is 0.911. The van der Waals surface area contributed by atoms with E-state index in [2.05, 4.69) is 20.7 Å². The first-order valence-corrected chi connectivity index (χ1v) is 8.17. The van der Waals surface area contributed by atoms with E-state index in [4.69, 9.17) is 0 Å². The first-order valence-electron chi connectivity index (χ1n) is 5.89. The highest BCUT2D eigenvalue weighted by Crippen LogP contribution is 2.19. The Hall–Kier alpha value is -1.24. The van der Waals surface area contributed by atoms with Crippen molar-refractivity contribution in [2.45, 2.75) is 18.4 Å². The average Bonchev–Trinajstić information content (AvgIpc) is 2.40. The van der Waals surface area contributed by atoms with E-state index in [-0.39, 0.29) is 11.4 Å². The highest BCUT2D eigenvalue weighted by Gasteiger charge is 2.17. The molecule has 0 bridgehead atoms. The van der Waals surface area contributed by atoms with E-state index in [9.17, 15) is 12.8 Å². The van der Waals surface area contributed by atoms with Crippen molar-refractivity contribution in [2.24, 2.45) is 0 Å². The largest absolute Gasteiger partial charge is 0.241 e. The molecule has 2 rings (SSSR count). The standard InChI is InChI=1S/C14H13BrFNO2S/c1-10-6-7-12(16)8-14(10)20(18,19)17-9-11-4-2-3-5-13(11)15/h2-8,17H,9H2,1H3. The lowest BCUT2D eigenvalue weighted by atomic mass is 10.2. The van der Waals surface area contributed by atoms with Gasteiger partial charge in [-0.15, -0.1) is 0 Å². The van der Waals surface area contributed by atoms with Crippen molar-refractivity contribution >= 4 is 26.0 Å². The van der Waals surface area contributed by atoms with Crippen molar-refractivity contribution < 1.29 is 12.8 Å². The lowest BCUT2D eigenvalue weighted by molar-refractivity contribution is 0.576. The maximum atomic E-state index is 13.2. The smallest absolute Gasteiger partial charge is 0.207 e. The number of hydrogen-bond acceptors (Lipinski definition) is 2. The monoisotopic (exact) mass is 357 g/mol. The van der Waals surface area contributed by atoms with Crippen molar-refractivity contribution in [1.29, 1.82) is 0 Å². The molecule has 0 radical (unpaired) electrons. The van der Waals surface area contributed by atoms with Crippen LogP contribution in [0.25, 0.3) is 0 Å². The van der Waals surface area contributed by atoms with Gasteiger partial charge in [0.15, 0.2) is 0 Å². The molecule has 1 N–H and O–H groups in total. The van der Waals surface area contributed by atoms with Gasteiger partial charge in [0.1, 0.15) is 5.82 Å². The molecule has 106 valence electrons. The predicted molar refractivity (Wildman–Crippen MR) is 79.3 cm³/mol. The van der Waals surface area contributed by atoms with Crippen LogP contribution in [-0.4, -0.2) is 8.42 Å². The molecule has 0 aromatic heterocycles. The van der Waals surface area contributed by atoms with Gasteiger partial charge in [0.2, 0.25) is 10.0 Å². The van der Waals surface area contributed by atoms with E-state index in [1.54, 1.807) is 6.92 Å². The van der Waals surface area contributed by atoms with Crippen LogP contribution in [0.3, 0.4) is 0 Å². The van der Waals surface area contributed by atoms with Gasteiger partial charge in [0, 0.05) is 11.0 Å². The molecule has 0 spiro atoms. The van der Waals surface area contributed by atoms with Crippen molar-refractivity contribution in [3.63, 3.8) is 0 Å². The molecule has 0 aliphatic carbocycles. The van der Waals surface area contributed by atoms with Crippen LogP contribution in [0.4, 0.5) is 4.39 Å². The fourth-order valence-corrected chi connectivity index (χ4v) is 3.44. The highest BCUT2D eigenvalue weighted by molar-refractivity contribution is 9.10. The molecule has 2 aromatic carbocycles. The molecule has 0 unspecified atom stereocenters. The Morgan fingerprint density at radius 1 is 1.20 bits per heavy atom. The van der Waals surface area contributed by atoms with Crippen LogP contribution in [0, 0.1) is 12.7 Å². The summed E-state index contributed by atoms with van der Waals surface area (Å²) in [5.41, 5.74) is 1.32. The van der Waals surface area contributed by atoms with E-state index in [1.165, 1.54) is 12.1 Å². The van der Waals surface area contributed by atoms with Crippen molar-refractivity contribution in [2.75, 3.05) is 0 Å². The summed E-state index contributed by atoms with van der Waals surface area (Å²) in [5.74, 6) is -0.572. The third kappa shape index (κ3) is 3.45. The summed E-state index contributed by atoms with van der Waals surface area (Å²) in [5, 5.41) is 0. The topological polar surface area (TPSA) is 46.2 Å². The Kier molecular flexibility index (Phi) is 4.57. The second-order valence-corrected chi connectivity index (χ2v) is 6.92. The van der Waals surface area contributed by atoms with Gasteiger partial charge in [-0.2, -0.15) is 0 Å². The third-order valence-corrected chi connectivity index (χ3v) is 5.17. The summed E-state index contributed by atoms with van der Waals surface area (Å²) in [6.07, 6.45) is 0. The molecule has 20 heavy (non-hydrogen) atoms. The van der Waals surface area contributed by atoms with Crippen LogP contribution < -0.4 is 4.72 Å². The van der Waals surface area contributed by atoms with E-state index in [1.807, 2.05) is 24.3 Å². The van der Waals surface area contributed by atoms with Crippen LogP contribution in [0.2, 0.25) is 0 Å². The Bertz CT molecular complexity index is 732. The van der Waals surface area contributed by atoms with Crippen molar-refractivity contribution in [3.05, 3.63) is 63.9 Å². The Balaban J connectivity index is 2.24. The number of sulfonamides is 1. The minimum absolute atomic E-state index is 0.0375. The number of halogens is 2. The molecule has 3 nitrogen and oxygen atoms in total. The summed E-state index contributed by atoms with van der Waals surface area (Å²) in [6.45, 7) is 1.77. The molecule has 6 heteroatoms. The van der Waals surface area contributed by atoms with Gasteiger partial charge in [-0.3, -0.25) is 0 Å². The number of benzene rings is 2. The maximum absolute atomic E-state index is 13.2. The molecule has 0 atom stereocenters. The zero-order chi connectivity index (χ0) is 14.8. The lowest BCUT2D eigenvalue weighted by Gasteiger charge is -2.10. The van der Waals surface area contributed by atoms with Gasteiger partial charge in [-0.05, 0) is 36.2 Å². The summed E-state index contributed by atoms with van der Waals surface area (Å²) in [4.78, 5) is -0.0375. The first-order chi connectivity index (χ1) is 9.40. The highest BCUT2D eigenvalue weighted by atomic mass is 79.9. The van der Waals surface area contributed by atoms with E-state index >= 15 is 0 Å². The molecule has 0 heterocycles. The zero-order valence-electron chi connectivity index (χ0n) is 10.7. The molecule has 0 fully saturated rings. The molecule has 0 aliphatic rings. The molecule has 0 aliphatic heterocycles. The van der Waals surface area contributed by atoms with Crippen LogP contribution in [0.5, 0.6) is 0 Å². The van der Waals surface area contributed by atoms with Crippen LogP contribution in [0.15, 0.2) is 51.8 Å². The fourth-order valence-electron chi connectivity index (χ4n) is 1.76. The van der Waals surface area contributed by atoms with Gasteiger partial charge in [0.05, 0.1) is 4.90 Å². The Labute approximate surface area is 126 Å². The molecule has 0 saturated carbocycles. The lowest BCUT2D eigenvalue weighted by Crippen LogP contribution is -2.24. The first kappa shape index (κ1) is 15.2. The zero-order valence-corrected chi connectivity index (χ0v) is 13.1. The maximum Gasteiger partial charge on any atom is 0.241 e. The predicted octanol–water partition coefficient (Wildman–Crippen LogP) is 3.38. The Morgan fingerprint density at radius 2 is 1.90 bits per heavy atom. The van der Waals surface area contributed by atoms with Gasteiger partial charge in [-0.25, -0.2) is 17.5 Å². The molecular formula is C14H13BrFNO2S. The van der Waals surface area contributed by atoms with Crippen LogP contribution in [-0.2, 0) is 16.6 Å². The summed E-state index contributed by atoms with van der Waals surface area (Å²) in [7, 11) is -3.74.